The molecule has 0 unspecified atom stereocenters. The first kappa shape index (κ1) is 16.9. The van der Waals surface area contributed by atoms with E-state index >= 15 is 0 Å². The molecule has 2 aliphatic rings. The van der Waals surface area contributed by atoms with Crippen molar-refractivity contribution >= 4 is 46.4 Å². The van der Waals surface area contributed by atoms with Crippen molar-refractivity contribution in [1.29, 1.82) is 0 Å². The van der Waals surface area contributed by atoms with Gasteiger partial charge in [0.15, 0.2) is 0 Å². The van der Waals surface area contributed by atoms with Crippen molar-refractivity contribution in [2.24, 2.45) is 0 Å². The molecule has 2 aliphatic heterocycles. The molecule has 0 saturated carbocycles. The zero-order valence-corrected chi connectivity index (χ0v) is 15.6. The SMILES string of the molecule is CN1C(=O)C2=C(c3ccc(Cl)cc3)N(C)C(=O)C2=C1c1ccc(Cl)cc1. The zero-order valence-electron chi connectivity index (χ0n) is 14.1. The van der Waals surface area contributed by atoms with Gasteiger partial charge < -0.3 is 9.80 Å². The molecule has 0 aromatic heterocycles. The number of nitrogens with zero attached hydrogens (tertiary/aromatic N) is 2. The Bertz CT molecular complexity index is 922. The molecule has 2 aromatic rings. The van der Waals surface area contributed by atoms with Crippen LogP contribution in [0.3, 0.4) is 0 Å². The van der Waals surface area contributed by atoms with Crippen LogP contribution >= 0.6 is 23.2 Å². The van der Waals surface area contributed by atoms with E-state index in [2.05, 4.69) is 0 Å². The number of amides is 2. The van der Waals surface area contributed by atoms with E-state index in [0.29, 0.717) is 32.6 Å². The summed E-state index contributed by atoms with van der Waals surface area (Å²) in [6.07, 6.45) is 0. The van der Waals surface area contributed by atoms with E-state index in [9.17, 15) is 9.59 Å². The highest BCUT2D eigenvalue weighted by molar-refractivity contribution is 6.32. The molecule has 130 valence electrons. The number of rotatable bonds is 2. The van der Waals surface area contributed by atoms with Crippen LogP contribution in [0.5, 0.6) is 0 Å². The maximum absolute atomic E-state index is 13.0. The van der Waals surface area contributed by atoms with Crippen molar-refractivity contribution in [3.05, 3.63) is 80.8 Å². The molecule has 4 rings (SSSR count). The number of benzene rings is 2. The maximum Gasteiger partial charge on any atom is 0.261 e. The first-order valence-corrected chi connectivity index (χ1v) is 8.72. The van der Waals surface area contributed by atoms with Gasteiger partial charge in [-0.25, -0.2) is 0 Å². The van der Waals surface area contributed by atoms with Gasteiger partial charge in [-0.05, 0) is 35.4 Å². The van der Waals surface area contributed by atoms with E-state index < -0.39 is 0 Å². The van der Waals surface area contributed by atoms with Gasteiger partial charge in [0.25, 0.3) is 11.8 Å². The lowest BCUT2D eigenvalue weighted by Crippen LogP contribution is -2.25. The van der Waals surface area contributed by atoms with Crippen LogP contribution in [-0.4, -0.2) is 35.7 Å². The van der Waals surface area contributed by atoms with Crippen LogP contribution < -0.4 is 0 Å². The van der Waals surface area contributed by atoms with Gasteiger partial charge >= 0.3 is 0 Å². The van der Waals surface area contributed by atoms with Gasteiger partial charge in [-0.3, -0.25) is 9.59 Å². The van der Waals surface area contributed by atoms with Crippen LogP contribution in [0.1, 0.15) is 11.1 Å². The smallest absolute Gasteiger partial charge is 0.261 e. The topological polar surface area (TPSA) is 40.6 Å². The molecule has 2 amide bonds. The second kappa shape index (κ2) is 6.01. The van der Waals surface area contributed by atoms with E-state index in [1.165, 1.54) is 9.80 Å². The number of carbonyl (C=O) groups excluding carboxylic acids is 2. The van der Waals surface area contributed by atoms with Gasteiger partial charge in [0.2, 0.25) is 0 Å². The fraction of sp³-hybridized carbons (Fsp3) is 0.100. The minimum Gasteiger partial charge on any atom is -0.310 e. The normalized spacial score (nSPS) is 16.9. The Balaban J connectivity index is 1.97. The summed E-state index contributed by atoms with van der Waals surface area (Å²) in [4.78, 5) is 29.0. The van der Waals surface area contributed by atoms with Crippen LogP contribution in [0.15, 0.2) is 59.7 Å². The monoisotopic (exact) mass is 384 g/mol. The molecule has 0 bridgehead atoms. The highest BCUT2D eigenvalue weighted by Crippen LogP contribution is 2.45. The molecule has 0 aliphatic carbocycles. The number of fused-ring (bicyclic) bond motifs is 1. The average Bonchev–Trinajstić information content (AvgIpc) is 3.03. The lowest BCUT2D eigenvalue weighted by Gasteiger charge is -2.20. The summed E-state index contributed by atoms with van der Waals surface area (Å²) in [6, 6.07) is 14.2. The second-order valence-corrected chi connectivity index (χ2v) is 7.06. The number of hydrogen-bond donors (Lipinski definition) is 0. The third-order valence-electron chi connectivity index (χ3n) is 4.67. The van der Waals surface area contributed by atoms with Crippen LogP contribution in [0, 0.1) is 0 Å². The summed E-state index contributed by atoms with van der Waals surface area (Å²) in [5.41, 5.74) is 3.59. The van der Waals surface area contributed by atoms with Crippen LogP contribution in [0.2, 0.25) is 10.0 Å². The number of likely N-dealkylation sites (N-methyl/N-ethyl adjacent to an activating group) is 2. The lowest BCUT2D eigenvalue weighted by molar-refractivity contribution is -0.123. The minimum absolute atomic E-state index is 0.201. The molecule has 0 radical (unpaired) electrons. The molecule has 26 heavy (non-hydrogen) atoms. The standard InChI is InChI=1S/C20H14Cl2N2O2/c1-23-17(11-3-7-13(21)8-4-11)15-16(19(23)25)18(24(2)20(15)26)12-5-9-14(22)10-6-12/h3-10H,1-2H3. The summed E-state index contributed by atoms with van der Waals surface area (Å²) in [7, 11) is 3.36. The highest BCUT2D eigenvalue weighted by atomic mass is 35.5. The maximum atomic E-state index is 13.0. The molecule has 0 atom stereocenters. The van der Waals surface area contributed by atoms with Gasteiger partial charge in [0.05, 0.1) is 22.5 Å². The first-order valence-electron chi connectivity index (χ1n) is 7.97. The number of hydrogen-bond acceptors (Lipinski definition) is 2. The largest absolute Gasteiger partial charge is 0.310 e. The Morgan fingerprint density at radius 1 is 0.615 bits per heavy atom. The van der Waals surface area contributed by atoms with Crippen molar-refractivity contribution in [3.8, 4) is 0 Å². The Labute approximate surface area is 160 Å². The number of carbonyl (C=O) groups is 2. The Morgan fingerprint density at radius 2 is 0.923 bits per heavy atom. The summed E-state index contributed by atoms with van der Waals surface area (Å²) in [5.74, 6) is -0.403. The molecular weight excluding hydrogens is 371 g/mol. The molecule has 4 nitrogen and oxygen atoms in total. The predicted octanol–water partition coefficient (Wildman–Crippen LogP) is 4.06. The van der Waals surface area contributed by atoms with Crippen molar-refractivity contribution in [3.63, 3.8) is 0 Å². The van der Waals surface area contributed by atoms with Crippen LogP contribution in [0.4, 0.5) is 0 Å². The lowest BCUT2D eigenvalue weighted by atomic mass is 10.0. The molecule has 2 heterocycles. The van der Waals surface area contributed by atoms with Crippen molar-refractivity contribution in [2.45, 2.75) is 0 Å². The predicted molar refractivity (Wildman–Crippen MR) is 102 cm³/mol. The summed E-state index contributed by atoms with van der Waals surface area (Å²) < 4.78 is 0. The van der Waals surface area contributed by atoms with Gasteiger partial charge in [0.1, 0.15) is 0 Å². The molecule has 0 spiro atoms. The molecule has 0 fully saturated rings. The van der Waals surface area contributed by atoms with Gasteiger partial charge in [-0.2, -0.15) is 0 Å². The molecule has 0 N–H and O–H groups in total. The highest BCUT2D eigenvalue weighted by Gasteiger charge is 2.46. The fourth-order valence-electron chi connectivity index (χ4n) is 3.42. The fourth-order valence-corrected chi connectivity index (χ4v) is 3.67. The number of halogens is 2. The molecule has 2 aromatic carbocycles. The molecule has 0 saturated heterocycles. The van der Waals surface area contributed by atoms with Crippen molar-refractivity contribution < 1.29 is 9.59 Å². The Morgan fingerprint density at radius 3 is 1.23 bits per heavy atom. The average molecular weight is 385 g/mol. The van der Waals surface area contributed by atoms with Crippen LogP contribution in [0.25, 0.3) is 11.4 Å². The molecular formula is C20H14Cl2N2O2. The quantitative estimate of drug-likeness (QED) is 0.783. The van der Waals surface area contributed by atoms with E-state index in [-0.39, 0.29) is 11.8 Å². The van der Waals surface area contributed by atoms with E-state index in [1.54, 1.807) is 38.4 Å². The summed E-state index contributed by atoms with van der Waals surface area (Å²) in [6.45, 7) is 0. The zero-order chi connectivity index (χ0) is 18.6. The summed E-state index contributed by atoms with van der Waals surface area (Å²) in [5, 5.41) is 1.19. The van der Waals surface area contributed by atoms with Crippen molar-refractivity contribution in [2.75, 3.05) is 14.1 Å². The van der Waals surface area contributed by atoms with E-state index in [1.807, 2.05) is 24.3 Å². The van der Waals surface area contributed by atoms with Crippen molar-refractivity contribution in [1.82, 2.24) is 9.80 Å². The Hall–Kier alpha value is -2.56. The Kier molecular flexibility index (Phi) is 3.90. The third-order valence-corrected chi connectivity index (χ3v) is 5.17. The van der Waals surface area contributed by atoms with E-state index in [0.717, 1.165) is 11.1 Å². The summed E-state index contributed by atoms with van der Waals surface area (Å²) >= 11 is 11.9. The second-order valence-electron chi connectivity index (χ2n) is 6.19. The van der Waals surface area contributed by atoms with Crippen LogP contribution in [-0.2, 0) is 9.59 Å². The van der Waals surface area contributed by atoms with E-state index in [4.69, 9.17) is 23.2 Å². The van der Waals surface area contributed by atoms with Gasteiger partial charge in [-0.15, -0.1) is 0 Å². The third kappa shape index (κ3) is 2.37. The van der Waals surface area contributed by atoms with Gasteiger partial charge in [0, 0.05) is 24.1 Å². The first-order chi connectivity index (χ1) is 12.4. The van der Waals surface area contributed by atoms with Gasteiger partial charge in [-0.1, -0.05) is 47.5 Å². The molecule has 6 heteroatoms. The minimum atomic E-state index is -0.201.